The third-order valence-corrected chi connectivity index (χ3v) is 6.34. The number of carbonyl (C=O) groups is 1. The lowest BCUT2D eigenvalue weighted by Gasteiger charge is -2.27. The molecule has 0 atom stereocenters. The van der Waals surface area contributed by atoms with Gasteiger partial charge in [-0.3, -0.25) is 14.6 Å². The van der Waals surface area contributed by atoms with Crippen LogP contribution in [-0.4, -0.2) is 68.9 Å². The molecule has 2 aromatic carbocycles. The first-order chi connectivity index (χ1) is 16.0. The zero-order chi connectivity index (χ0) is 23.2. The Kier molecular flexibility index (Phi) is 7.69. The van der Waals surface area contributed by atoms with Gasteiger partial charge in [-0.25, -0.2) is 13.8 Å². The minimum Gasteiger partial charge on any atom is -0.497 e. The molecule has 1 saturated heterocycles. The molecule has 0 saturated carbocycles. The first kappa shape index (κ1) is 23.3. The van der Waals surface area contributed by atoms with Crippen LogP contribution >= 0.6 is 11.3 Å². The summed E-state index contributed by atoms with van der Waals surface area (Å²) in [5.41, 5.74) is 0.0541. The molecule has 2 heterocycles. The van der Waals surface area contributed by atoms with E-state index in [1.807, 2.05) is 0 Å². The second-order valence-electron chi connectivity index (χ2n) is 7.55. The van der Waals surface area contributed by atoms with Gasteiger partial charge in [-0.1, -0.05) is 11.3 Å². The Morgan fingerprint density at radius 1 is 1.18 bits per heavy atom. The van der Waals surface area contributed by atoms with Crippen LogP contribution in [0.4, 0.5) is 13.9 Å². The van der Waals surface area contributed by atoms with Crippen LogP contribution in [0, 0.1) is 11.6 Å². The molecule has 0 spiro atoms. The second-order valence-corrected chi connectivity index (χ2v) is 8.56. The molecule has 1 aromatic heterocycles. The van der Waals surface area contributed by atoms with Crippen molar-refractivity contribution in [1.29, 1.82) is 0 Å². The summed E-state index contributed by atoms with van der Waals surface area (Å²) >= 11 is 1.08. The molecule has 3 aromatic rings. The molecule has 176 valence electrons. The van der Waals surface area contributed by atoms with Gasteiger partial charge in [0, 0.05) is 32.2 Å². The van der Waals surface area contributed by atoms with Crippen molar-refractivity contribution in [3.8, 4) is 11.5 Å². The molecule has 0 aliphatic carbocycles. The fourth-order valence-electron chi connectivity index (χ4n) is 3.56. The summed E-state index contributed by atoms with van der Waals surface area (Å²) in [6.07, 6.45) is 0.695. The van der Waals surface area contributed by atoms with E-state index in [2.05, 4.69) is 9.88 Å². The molecule has 1 fully saturated rings. The third-order valence-electron chi connectivity index (χ3n) is 5.32. The number of anilines is 1. The van der Waals surface area contributed by atoms with Crippen molar-refractivity contribution < 1.29 is 27.8 Å². The fourth-order valence-corrected chi connectivity index (χ4v) is 4.61. The molecule has 1 amide bonds. The van der Waals surface area contributed by atoms with Crippen LogP contribution in [0.25, 0.3) is 10.2 Å². The van der Waals surface area contributed by atoms with Crippen molar-refractivity contribution in [3.05, 3.63) is 48.0 Å². The van der Waals surface area contributed by atoms with Crippen molar-refractivity contribution in [3.63, 3.8) is 0 Å². The number of morpholine rings is 1. The zero-order valence-corrected chi connectivity index (χ0v) is 19.1. The number of hydrogen-bond acceptors (Lipinski definition) is 7. The number of halogens is 2. The summed E-state index contributed by atoms with van der Waals surface area (Å²) in [7, 11) is 1.57. The predicted molar refractivity (Wildman–Crippen MR) is 122 cm³/mol. The van der Waals surface area contributed by atoms with Gasteiger partial charge in [-0.15, -0.1) is 0 Å². The van der Waals surface area contributed by atoms with Crippen LogP contribution in [0.15, 0.2) is 36.4 Å². The first-order valence-corrected chi connectivity index (χ1v) is 11.5. The number of amides is 1. The lowest BCUT2D eigenvalue weighted by atomic mass is 10.3. The normalized spacial score (nSPS) is 14.4. The molecule has 0 N–H and O–H groups in total. The number of hydrogen-bond donors (Lipinski definition) is 0. The first-order valence-electron chi connectivity index (χ1n) is 10.7. The van der Waals surface area contributed by atoms with Crippen LogP contribution < -0.4 is 14.4 Å². The van der Waals surface area contributed by atoms with Gasteiger partial charge in [-0.2, -0.15) is 0 Å². The number of thiazole rings is 1. The average Bonchev–Trinajstić information content (AvgIpc) is 3.25. The van der Waals surface area contributed by atoms with E-state index in [4.69, 9.17) is 14.2 Å². The van der Waals surface area contributed by atoms with Gasteiger partial charge in [0.1, 0.15) is 22.8 Å². The maximum atomic E-state index is 14.2. The van der Waals surface area contributed by atoms with Crippen molar-refractivity contribution in [2.24, 2.45) is 0 Å². The number of fused-ring (bicyclic) bond motifs is 1. The van der Waals surface area contributed by atoms with E-state index in [-0.39, 0.29) is 18.0 Å². The highest BCUT2D eigenvalue weighted by Gasteiger charge is 2.22. The summed E-state index contributed by atoms with van der Waals surface area (Å²) in [4.78, 5) is 21.1. The molecule has 10 heteroatoms. The topological polar surface area (TPSA) is 64.1 Å². The van der Waals surface area contributed by atoms with E-state index < -0.39 is 11.6 Å². The van der Waals surface area contributed by atoms with Crippen LogP contribution in [0.2, 0.25) is 0 Å². The van der Waals surface area contributed by atoms with Gasteiger partial charge < -0.3 is 14.2 Å². The van der Waals surface area contributed by atoms with E-state index in [9.17, 15) is 13.6 Å². The van der Waals surface area contributed by atoms with Gasteiger partial charge in [0.15, 0.2) is 17.6 Å². The average molecular weight is 478 g/mol. The van der Waals surface area contributed by atoms with E-state index in [1.54, 1.807) is 31.4 Å². The molecular formula is C23H25F2N3O4S. The highest BCUT2D eigenvalue weighted by molar-refractivity contribution is 7.22. The monoisotopic (exact) mass is 477 g/mol. The second kappa shape index (κ2) is 10.9. The standard InChI is InChI=1S/C23H25F2N3O4S/c1-30-17-3-5-18(6-4-17)32-15-21(29)28(8-2-7-27-9-11-31-12-10-27)23-26-22-19(25)13-16(24)14-20(22)33-23/h3-6,13-14H,2,7-12,15H2,1H3. The molecule has 1 aliphatic heterocycles. The number of benzene rings is 2. The van der Waals surface area contributed by atoms with Crippen molar-refractivity contribution in [1.82, 2.24) is 9.88 Å². The number of rotatable bonds is 9. The molecule has 1 aliphatic rings. The number of ether oxygens (including phenoxy) is 3. The largest absolute Gasteiger partial charge is 0.497 e. The van der Waals surface area contributed by atoms with Crippen molar-refractivity contribution in [2.45, 2.75) is 6.42 Å². The summed E-state index contributed by atoms with van der Waals surface area (Å²) in [5, 5.41) is 0.319. The van der Waals surface area contributed by atoms with E-state index in [0.29, 0.717) is 47.5 Å². The SMILES string of the molecule is COc1ccc(OCC(=O)N(CCCN2CCOCC2)c2nc3c(F)cc(F)cc3s2)cc1. The summed E-state index contributed by atoms with van der Waals surface area (Å²) < 4.78 is 44.4. The quantitative estimate of drug-likeness (QED) is 0.468. The summed E-state index contributed by atoms with van der Waals surface area (Å²) in [5.74, 6) is -0.532. The minimum absolute atomic E-state index is 0.0541. The zero-order valence-electron chi connectivity index (χ0n) is 18.3. The fraction of sp³-hybridized carbons (Fsp3) is 0.391. The number of methoxy groups -OCH3 is 1. The highest BCUT2D eigenvalue weighted by Crippen LogP contribution is 2.31. The van der Waals surface area contributed by atoms with E-state index in [0.717, 1.165) is 37.0 Å². The Balaban J connectivity index is 1.48. The van der Waals surface area contributed by atoms with Gasteiger partial charge in [0.2, 0.25) is 0 Å². The minimum atomic E-state index is -0.748. The molecule has 0 radical (unpaired) electrons. The summed E-state index contributed by atoms with van der Waals surface area (Å²) in [6.45, 7) is 4.05. The summed E-state index contributed by atoms with van der Waals surface area (Å²) in [6, 6.07) is 8.93. The maximum Gasteiger partial charge on any atom is 0.266 e. The third kappa shape index (κ3) is 5.95. The molecular weight excluding hydrogens is 452 g/mol. The van der Waals surface area contributed by atoms with E-state index >= 15 is 0 Å². The van der Waals surface area contributed by atoms with Gasteiger partial charge in [-0.05, 0) is 36.8 Å². The predicted octanol–water partition coefficient (Wildman–Crippen LogP) is 3.72. The van der Waals surface area contributed by atoms with Crippen LogP contribution in [0.1, 0.15) is 6.42 Å². The van der Waals surface area contributed by atoms with E-state index in [1.165, 1.54) is 11.0 Å². The van der Waals surface area contributed by atoms with Crippen molar-refractivity contribution >= 4 is 32.6 Å². The molecule has 0 bridgehead atoms. The molecule has 0 unspecified atom stereocenters. The van der Waals surface area contributed by atoms with Gasteiger partial charge in [0.25, 0.3) is 5.91 Å². The Morgan fingerprint density at radius 2 is 1.91 bits per heavy atom. The van der Waals surface area contributed by atoms with Crippen LogP contribution in [-0.2, 0) is 9.53 Å². The number of nitrogens with zero attached hydrogens (tertiary/aromatic N) is 3. The highest BCUT2D eigenvalue weighted by atomic mass is 32.1. The van der Waals surface area contributed by atoms with Gasteiger partial charge >= 0.3 is 0 Å². The molecule has 7 nitrogen and oxygen atoms in total. The van der Waals surface area contributed by atoms with Crippen LogP contribution in [0.3, 0.4) is 0 Å². The van der Waals surface area contributed by atoms with Gasteiger partial charge in [0.05, 0.1) is 25.0 Å². The van der Waals surface area contributed by atoms with Crippen LogP contribution in [0.5, 0.6) is 11.5 Å². The lowest BCUT2D eigenvalue weighted by molar-refractivity contribution is -0.120. The Hall–Kier alpha value is -2.82. The Labute approximate surface area is 194 Å². The Morgan fingerprint density at radius 3 is 2.64 bits per heavy atom. The number of aromatic nitrogens is 1. The lowest BCUT2D eigenvalue weighted by Crippen LogP contribution is -2.40. The number of carbonyl (C=O) groups excluding carboxylic acids is 1. The molecule has 33 heavy (non-hydrogen) atoms. The Bertz CT molecular complexity index is 1090. The maximum absolute atomic E-state index is 14.2. The molecule has 4 rings (SSSR count). The smallest absolute Gasteiger partial charge is 0.266 e. The van der Waals surface area contributed by atoms with Crippen molar-refractivity contribution in [2.75, 3.05) is 58.0 Å².